The molecule has 0 spiro atoms. The number of halogens is 1. The molecule has 90 valence electrons. The van der Waals surface area contributed by atoms with Crippen molar-refractivity contribution < 1.29 is 0 Å². The number of fused-ring (bicyclic) bond motifs is 1. The van der Waals surface area contributed by atoms with Gasteiger partial charge in [-0.05, 0) is 30.2 Å². The maximum Gasteiger partial charge on any atom is 0.136 e. The molecule has 1 aromatic carbocycles. The molecule has 0 amide bonds. The summed E-state index contributed by atoms with van der Waals surface area (Å²) in [5, 5.41) is 0.766. The van der Waals surface area contributed by atoms with Crippen molar-refractivity contribution in [2.24, 2.45) is 0 Å². The Balaban J connectivity index is 2.18. The van der Waals surface area contributed by atoms with Gasteiger partial charge >= 0.3 is 0 Å². The SMILES string of the molecule is Cc1cccnc1N1CC=Cc2cccc(Cl)c21. The summed E-state index contributed by atoms with van der Waals surface area (Å²) >= 11 is 6.34. The van der Waals surface area contributed by atoms with Gasteiger partial charge < -0.3 is 4.90 Å². The molecule has 1 aliphatic heterocycles. The summed E-state index contributed by atoms with van der Waals surface area (Å²) in [5.74, 6) is 0.969. The minimum atomic E-state index is 0.766. The summed E-state index contributed by atoms with van der Waals surface area (Å²) in [5.41, 5.74) is 3.33. The van der Waals surface area contributed by atoms with Crippen LogP contribution < -0.4 is 4.90 Å². The van der Waals surface area contributed by atoms with Crippen LogP contribution in [0.3, 0.4) is 0 Å². The zero-order chi connectivity index (χ0) is 12.5. The van der Waals surface area contributed by atoms with E-state index in [4.69, 9.17) is 11.6 Å². The molecule has 2 aromatic rings. The number of aromatic nitrogens is 1. The third kappa shape index (κ3) is 1.79. The summed E-state index contributed by atoms with van der Waals surface area (Å²) in [7, 11) is 0. The number of anilines is 2. The fourth-order valence-electron chi connectivity index (χ4n) is 2.28. The maximum atomic E-state index is 6.34. The molecule has 1 aromatic heterocycles. The molecular formula is C15H13ClN2. The Bertz CT molecular complexity index is 620. The van der Waals surface area contributed by atoms with Gasteiger partial charge in [0.25, 0.3) is 0 Å². The summed E-state index contributed by atoms with van der Waals surface area (Å²) in [6.45, 7) is 2.87. The highest BCUT2D eigenvalue weighted by Gasteiger charge is 2.19. The van der Waals surface area contributed by atoms with Gasteiger partial charge in [0.1, 0.15) is 5.82 Å². The minimum absolute atomic E-state index is 0.766. The van der Waals surface area contributed by atoms with Gasteiger partial charge in [-0.2, -0.15) is 0 Å². The Hall–Kier alpha value is -1.80. The van der Waals surface area contributed by atoms with Crippen LogP contribution in [0.5, 0.6) is 0 Å². The van der Waals surface area contributed by atoms with Crippen molar-refractivity contribution in [2.45, 2.75) is 6.92 Å². The van der Waals surface area contributed by atoms with Crippen LogP contribution in [-0.2, 0) is 0 Å². The van der Waals surface area contributed by atoms with Crippen molar-refractivity contribution >= 4 is 29.2 Å². The second-order valence-electron chi connectivity index (χ2n) is 4.33. The minimum Gasteiger partial charge on any atom is -0.320 e. The number of nitrogens with zero attached hydrogens (tertiary/aromatic N) is 2. The number of pyridine rings is 1. The van der Waals surface area contributed by atoms with Gasteiger partial charge in [-0.3, -0.25) is 0 Å². The second-order valence-corrected chi connectivity index (χ2v) is 4.74. The molecule has 0 saturated carbocycles. The monoisotopic (exact) mass is 256 g/mol. The number of aryl methyl sites for hydroxylation is 1. The van der Waals surface area contributed by atoms with Crippen molar-refractivity contribution in [3.8, 4) is 0 Å². The van der Waals surface area contributed by atoms with Crippen LogP contribution in [0.4, 0.5) is 11.5 Å². The van der Waals surface area contributed by atoms with Gasteiger partial charge in [0.2, 0.25) is 0 Å². The second kappa shape index (κ2) is 4.46. The molecule has 3 heteroatoms. The zero-order valence-electron chi connectivity index (χ0n) is 10.1. The quantitative estimate of drug-likeness (QED) is 0.760. The third-order valence-electron chi connectivity index (χ3n) is 3.11. The molecule has 0 N–H and O–H groups in total. The van der Waals surface area contributed by atoms with E-state index in [2.05, 4.69) is 41.1 Å². The van der Waals surface area contributed by atoms with Crippen LogP contribution in [0.15, 0.2) is 42.6 Å². The Morgan fingerprint density at radius 2 is 2.11 bits per heavy atom. The first-order chi connectivity index (χ1) is 8.77. The van der Waals surface area contributed by atoms with Gasteiger partial charge in [0, 0.05) is 12.7 Å². The smallest absolute Gasteiger partial charge is 0.136 e. The van der Waals surface area contributed by atoms with E-state index >= 15 is 0 Å². The van der Waals surface area contributed by atoms with Gasteiger partial charge in [0.15, 0.2) is 0 Å². The predicted octanol–water partition coefficient (Wildman–Crippen LogP) is 4.21. The Kier molecular flexibility index (Phi) is 2.80. The zero-order valence-corrected chi connectivity index (χ0v) is 10.9. The van der Waals surface area contributed by atoms with E-state index in [-0.39, 0.29) is 0 Å². The van der Waals surface area contributed by atoms with Crippen molar-refractivity contribution in [1.29, 1.82) is 0 Å². The molecule has 2 nitrogen and oxygen atoms in total. The van der Waals surface area contributed by atoms with Crippen LogP contribution in [0.1, 0.15) is 11.1 Å². The Morgan fingerprint density at radius 1 is 1.22 bits per heavy atom. The van der Waals surface area contributed by atoms with Crippen molar-refractivity contribution in [2.75, 3.05) is 11.4 Å². The van der Waals surface area contributed by atoms with Gasteiger partial charge in [-0.25, -0.2) is 4.98 Å². The molecule has 0 saturated heterocycles. The van der Waals surface area contributed by atoms with E-state index in [0.29, 0.717) is 0 Å². The van der Waals surface area contributed by atoms with Crippen LogP contribution in [0.25, 0.3) is 6.08 Å². The summed E-state index contributed by atoms with van der Waals surface area (Å²) in [6.07, 6.45) is 6.06. The third-order valence-corrected chi connectivity index (χ3v) is 3.42. The maximum absolute atomic E-state index is 6.34. The standard InChI is InChI=1S/C15H13ClN2/c1-11-5-3-9-17-15(11)18-10-4-7-12-6-2-8-13(16)14(12)18/h2-9H,10H2,1H3. The lowest BCUT2D eigenvalue weighted by Gasteiger charge is -2.29. The van der Waals surface area contributed by atoms with E-state index in [1.807, 2.05) is 24.4 Å². The number of rotatable bonds is 1. The molecule has 3 rings (SSSR count). The molecular weight excluding hydrogens is 244 g/mol. The van der Waals surface area contributed by atoms with E-state index in [1.54, 1.807) is 0 Å². The number of benzene rings is 1. The summed E-state index contributed by atoms with van der Waals surface area (Å²) < 4.78 is 0. The van der Waals surface area contributed by atoms with Crippen LogP contribution in [0.2, 0.25) is 5.02 Å². The van der Waals surface area contributed by atoms with Crippen molar-refractivity contribution in [1.82, 2.24) is 4.98 Å². The molecule has 0 fully saturated rings. The average Bonchev–Trinajstić information content (AvgIpc) is 2.39. The van der Waals surface area contributed by atoms with Gasteiger partial charge in [-0.15, -0.1) is 0 Å². The molecule has 0 atom stereocenters. The molecule has 18 heavy (non-hydrogen) atoms. The first-order valence-electron chi connectivity index (χ1n) is 5.91. The first-order valence-corrected chi connectivity index (χ1v) is 6.29. The lowest BCUT2D eigenvalue weighted by molar-refractivity contribution is 1.02. The van der Waals surface area contributed by atoms with Crippen molar-refractivity contribution in [3.05, 3.63) is 58.8 Å². The van der Waals surface area contributed by atoms with E-state index in [1.165, 1.54) is 0 Å². The number of hydrogen-bond donors (Lipinski definition) is 0. The first kappa shape index (κ1) is 11.3. The highest BCUT2D eigenvalue weighted by atomic mass is 35.5. The van der Waals surface area contributed by atoms with E-state index in [0.717, 1.165) is 34.2 Å². The predicted molar refractivity (Wildman–Crippen MR) is 76.5 cm³/mol. The molecule has 1 aliphatic rings. The van der Waals surface area contributed by atoms with Crippen LogP contribution in [0, 0.1) is 6.92 Å². The molecule has 2 heterocycles. The van der Waals surface area contributed by atoms with Crippen LogP contribution >= 0.6 is 11.6 Å². The molecule has 0 aliphatic carbocycles. The average molecular weight is 257 g/mol. The Morgan fingerprint density at radius 3 is 2.94 bits per heavy atom. The highest BCUT2D eigenvalue weighted by Crippen LogP contribution is 2.38. The number of para-hydroxylation sites is 1. The van der Waals surface area contributed by atoms with E-state index < -0.39 is 0 Å². The topological polar surface area (TPSA) is 16.1 Å². The van der Waals surface area contributed by atoms with Crippen LogP contribution in [-0.4, -0.2) is 11.5 Å². The molecule has 0 bridgehead atoms. The summed E-state index contributed by atoms with van der Waals surface area (Å²) in [4.78, 5) is 6.64. The van der Waals surface area contributed by atoms with Gasteiger partial charge in [0.05, 0.1) is 10.7 Å². The molecule has 0 radical (unpaired) electrons. The summed E-state index contributed by atoms with van der Waals surface area (Å²) in [6, 6.07) is 9.98. The van der Waals surface area contributed by atoms with Gasteiger partial charge in [-0.1, -0.05) is 42.0 Å². The fourth-order valence-corrected chi connectivity index (χ4v) is 2.56. The normalized spacial score (nSPS) is 13.6. The Labute approximate surface area is 112 Å². The lowest BCUT2D eigenvalue weighted by atomic mass is 10.1. The van der Waals surface area contributed by atoms with Crippen molar-refractivity contribution in [3.63, 3.8) is 0 Å². The highest BCUT2D eigenvalue weighted by molar-refractivity contribution is 6.33. The largest absolute Gasteiger partial charge is 0.320 e. The number of hydrogen-bond acceptors (Lipinski definition) is 2. The van der Waals surface area contributed by atoms with E-state index in [9.17, 15) is 0 Å². The molecule has 0 unspecified atom stereocenters. The fraction of sp³-hybridized carbons (Fsp3) is 0.133. The lowest BCUT2D eigenvalue weighted by Crippen LogP contribution is -2.22.